The van der Waals surface area contributed by atoms with Crippen LogP contribution < -0.4 is 15.6 Å². The van der Waals surface area contributed by atoms with Crippen molar-refractivity contribution in [2.75, 3.05) is 12.4 Å². The number of hydrogen-bond donors (Lipinski definition) is 2. The lowest BCUT2D eigenvalue weighted by Crippen LogP contribution is -2.20. The fraction of sp³-hybridized carbons (Fsp3) is 0.182. The molecule has 2 N–H and O–H groups in total. The first-order valence-electron chi connectivity index (χ1n) is 9.66. The molecule has 0 aliphatic rings. The zero-order valence-corrected chi connectivity index (χ0v) is 17.2. The van der Waals surface area contributed by atoms with Gasteiger partial charge in [-0.1, -0.05) is 26.0 Å². The maximum absolute atomic E-state index is 13.0. The van der Waals surface area contributed by atoms with Crippen LogP contribution >= 0.6 is 0 Å². The number of rotatable bonds is 6. The molecule has 0 unspecified atom stereocenters. The number of furan rings is 1. The fourth-order valence-electron chi connectivity index (χ4n) is 3.05. The van der Waals surface area contributed by atoms with E-state index in [1.165, 1.54) is 24.1 Å². The van der Waals surface area contributed by atoms with Crippen LogP contribution in [0.3, 0.4) is 0 Å². The van der Waals surface area contributed by atoms with Gasteiger partial charge in [-0.25, -0.2) is 4.98 Å². The van der Waals surface area contributed by atoms with Crippen LogP contribution in [0, 0.1) is 0 Å². The highest BCUT2D eigenvalue weighted by Crippen LogP contribution is 2.26. The molecule has 3 heterocycles. The second kappa shape index (κ2) is 8.31. The summed E-state index contributed by atoms with van der Waals surface area (Å²) in [6.07, 6.45) is 1.53. The first kappa shape index (κ1) is 20.1. The number of benzene rings is 1. The summed E-state index contributed by atoms with van der Waals surface area (Å²) in [7, 11) is 1.50. The summed E-state index contributed by atoms with van der Waals surface area (Å²) in [5, 5.41) is 7.33. The van der Waals surface area contributed by atoms with Crippen LogP contribution in [0.2, 0.25) is 0 Å². The number of carbonyl (C=O) groups excluding carboxylic acids is 1. The van der Waals surface area contributed by atoms with Gasteiger partial charge in [-0.2, -0.15) is 9.78 Å². The normalized spacial score (nSPS) is 11.0. The van der Waals surface area contributed by atoms with E-state index in [1.807, 2.05) is 13.8 Å². The predicted molar refractivity (Wildman–Crippen MR) is 115 cm³/mol. The number of H-pyrrole nitrogens is 1. The first-order valence-corrected chi connectivity index (χ1v) is 9.66. The van der Waals surface area contributed by atoms with E-state index in [4.69, 9.17) is 9.15 Å². The van der Waals surface area contributed by atoms with Crippen molar-refractivity contribution in [3.63, 3.8) is 0 Å². The summed E-state index contributed by atoms with van der Waals surface area (Å²) in [4.78, 5) is 32.4. The van der Waals surface area contributed by atoms with E-state index in [1.54, 1.807) is 42.5 Å². The standard InChI is InChI=1S/C22H21N5O4/c1-13(2)15-12-20(28)25-22(23-15)27-19(11-16(26-27)18-9-6-10-31-18)24-21(29)14-7-4-5-8-17(14)30-3/h4-13H,1-3H3,(H,24,29)(H,23,25,28). The highest BCUT2D eigenvalue weighted by Gasteiger charge is 2.19. The van der Waals surface area contributed by atoms with Crippen LogP contribution in [0.1, 0.15) is 35.8 Å². The van der Waals surface area contributed by atoms with Crippen LogP contribution in [-0.2, 0) is 0 Å². The molecule has 4 aromatic rings. The molecule has 9 heteroatoms. The van der Waals surface area contributed by atoms with Gasteiger partial charge in [-0.15, -0.1) is 0 Å². The number of hydrogen-bond acceptors (Lipinski definition) is 6. The third-order valence-corrected chi connectivity index (χ3v) is 4.62. The Labute approximate surface area is 177 Å². The Bertz CT molecular complexity index is 1270. The van der Waals surface area contributed by atoms with E-state index in [0.717, 1.165) is 0 Å². The largest absolute Gasteiger partial charge is 0.496 e. The quantitative estimate of drug-likeness (QED) is 0.493. The fourth-order valence-corrected chi connectivity index (χ4v) is 3.05. The van der Waals surface area contributed by atoms with Crippen molar-refractivity contribution in [1.29, 1.82) is 0 Å². The molecule has 0 bridgehead atoms. The Balaban J connectivity index is 1.80. The third-order valence-electron chi connectivity index (χ3n) is 4.62. The van der Waals surface area contributed by atoms with Gasteiger partial charge in [-0.3, -0.25) is 14.6 Å². The highest BCUT2D eigenvalue weighted by atomic mass is 16.5. The summed E-state index contributed by atoms with van der Waals surface area (Å²) in [5.74, 6) is 1.08. The van der Waals surface area contributed by atoms with Crippen molar-refractivity contribution in [3.05, 3.63) is 76.4 Å². The van der Waals surface area contributed by atoms with Crippen LogP contribution in [0.15, 0.2) is 64.0 Å². The smallest absolute Gasteiger partial charge is 0.260 e. The summed E-state index contributed by atoms with van der Waals surface area (Å²) >= 11 is 0. The first-order chi connectivity index (χ1) is 15.0. The second-order valence-electron chi connectivity index (χ2n) is 7.11. The van der Waals surface area contributed by atoms with E-state index in [9.17, 15) is 9.59 Å². The lowest BCUT2D eigenvalue weighted by atomic mass is 10.1. The lowest BCUT2D eigenvalue weighted by molar-refractivity contribution is 0.102. The van der Waals surface area contributed by atoms with E-state index in [0.29, 0.717) is 34.3 Å². The van der Waals surface area contributed by atoms with E-state index >= 15 is 0 Å². The Morgan fingerprint density at radius 2 is 2.00 bits per heavy atom. The monoisotopic (exact) mass is 419 g/mol. The topological polar surface area (TPSA) is 115 Å². The summed E-state index contributed by atoms with van der Waals surface area (Å²) < 4.78 is 12.1. The molecule has 0 saturated carbocycles. The van der Waals surface area contributed by atoms with E-state index in [-0.39, 0.29) is 17.4 Å². The van der Waals surface area contributed by atoms with Gasteiger partial charge in [0, 0.05) is 12.1 Å². The molecule has 31 heavy (non-hydrogen) atoms. The molecule has 1 aromatic carbocycles. The van der Waals surface area contributed by atoms with Crippen molar-refractivity contribution in [2.24, 2.45) is 0 Å². The maximum atomic E-state index is 13.0. The van der Waals surface area contributed by atoms with Gasteiger partial charge < -0.3 is 14.5 Å². The molecule has 9 nitrogen and oxygen atoms in total. The number of anilines is 1. The molecule has 3 aromatic heterocycles. The number of aromatic amines is 1. The maximum Gasteiger partial charge on any atom is 0.260 e. The number of nitrogens with one attached hydrogen (secondary N) is 2. The zero-order chi connectivity index (χ0) is 22.0. The molecule has 0 fully saturated rings. The summed E-state index contributed by atoms with van der Waals surface area (Å²) in [5.41, 5.74) is 1.12. The minimum Gasteiger partial charge on any atom is -0.496 e. The molecule has 1 amide bonds. The minimum atomic E-state index is -0.396. The zero-order valence-electron chi connectivity index (χ0n) is 17.2. The average Bonchev–Trinajstić information content (AvgIpc) is 3.43. The van der Waals surface area contributed by atoms with Crippen molar-refractivity contribution in [3.8, 4) is 23.2 Å². The number of ether oxygens (including phenoxy) is 1. The number of carbonyl (C=O) groups is 1. The number of nitrogens with zero attached hydrogens (tertiary/aromatic N) is 3. The molecule has 0 spiro atoms. The Hall–Kier alpha value is -4.14. The molecule has 158 valence electrons. The second-order valence-corrected chi connectivity index (χ2v) is 7.11. The molecule has 0 aliphatic heterocycles. The number of aromatic nitrogens is 4. The SMILES string of the molecule is COc1ccccc1C(=O)Nc1cc(-c2ccco2)nn1-c1nc(C(C)C)cc(=O)[nH]1. The van der Waals surface area contributed by atoms with Gasteiger partial charge in [-0.05, 0) is 30.2 Å². The van der Waals surface area contributed by atoms with Crippen LogP contribution in [0.25, 0.3) is 17.4 Å². The van der Waals surface area contributed by atoms with E-state index in [2.05, 4.69) is 20.4 Å². The van der Waals surface area contributed by atoms with Gasteiger partial charge in [0.05, 0.1) is 24.6 Å². The van der Waals surface area contributed by atoms with Gasteiger partial charge in [0.25, 0.3) is 11.5 Å². The Kier molecular flexibility index (Phi) is 5.40. The van der Waals surface area contributed by atoms with Crippen LogP contribution in [0.4, 0.5) is 5.82 Å². The van der Waals surface area contributed by atoms with Crippen molar-refractivity contribution >= 4 is 11.7 Å². The van der Waals surface area contributed by atoms with Crippen molar-refractivity contribution < 1.29 is 13.9 Å². The number of methoxy groups -OCH3 is 1. The molecule has 0 saturated heterocycles. The van der Waals surface area contributed by atoms with Gasteiger partial charge in [0.15, 0.2) is 5.76 Å². The molecule has 0 aliphatic carbocycles. The summed E-state index contributed by atoms with van der Waals surface area (Å²) in [6.45, 7) is 3.88. The minimum absolute atomic E-state index is 0.0350. The molecule has 0 radical (unpaired) electrons. The molecule has 4 rings (SSSR count). The van der Waals surface area contributed by atoms with Gasteiger partial charge in [0.2, 0.25) is 5.95 Å². The Morgan fingerprint density at radius 3 is 2.71 bits per heavy atom. The lowest BCUT2D eigenvalue weighted by Gasteiger charge is -2.11. The average molecular weight is 419 g/mol. The Morgan fingerprint density at radius 1 is 1.19 bits per heavy atom. The van der Waals surface area contributed by atoms with Gasteiger partial charge in [0.1, 0.15) is 17.3 Å². The van der Waals surface area contributed by atoms with Crippen molar-refractivity contribution in [1.82, 2.24) is 19.7 Å². The van der Waals surface area contributed by atoms with E-state index < -0.39 is 5.91 Å². The van der Waals surface area contributed by atoms with Gasteiger partial charge >= 0.3 is 0 Å². The number of para-hydroxylation sites is 1. The highest BCUT2D eigenvalue weighted by molar-refractivity contribution is 6.06. The summed E-state index contributed by atoms with van der Waals surface area (Å²) in [6, 6.07) is 13.5. The molecular weight excluding hydrogens is 398 g/mol. The number of amides is 1. The molecule has 0 atom stereocenters. The van der Waals surface area contributed by atoms with Crippen molar-refractivity contribution in [2.45, 2.75) is 19.8 Å². The van der Waals surface area contributed by atoms with Crippen LogP contribution in [-0.4, -0.2) is 32.8 Å². The predicted octanol–water partition coefficient (Wildman–Crippen LogP) is 3.60. The third kappa shape index (κ3) is 4.11. The molecular formula is C22H21N5O4. The van der Waals surface area contributed by atoms with Crippen LogP contribution in [0.5, 0.6) is 5.75 Å².